The minimum atomic E-state index is -0.890. The smallest absolute Gasteiger partial charge is 0.0963 e. The number of aliphatic hydroxyl groups is 1. The first-order valence-electron chi connectivity index (χ1n) is 6.60. The van der Waals surface area contributed by atoms with Crippen LogP contribution in [0.4, 0.5) is 0 Å². The van der Waals surface area contributed by atoms with Crippen LogP contribution < -0.4 is 5.32 Å². The summed E-state index contributed by atoms with van der Waals surface area (Å²) in [5.41, 5.74) is 0.902. The standard InChI is InChI=1S/C15H18N2O/c16-10-14(15(18)6-3-7-17-11-15)8-12-4-1-2-5-13(12)9-14/h1-2,4-5,17-18H,3,6-9,11H2. The molecule has 1 heterocycles. The van der Waals surface area contributed by atoms with E-state index in [1.54, 1.807) is 0 Å². The quantitative estimate of drug-likeness (QED) is 0.783. The van der Waals surface area contributed by atoms with E-state index in [-0.39, 0.29) is 0 Å². The Morgan fingerprint density at radius 2 is 1.89 bits per heavy atom. The van der Waals surface area contributed by atoms with E-state index < -0.39 is 11.0 Å². The number of fused-ring (bicyclic) bond motifs is 1. The summed E-state index contributed by atoms with van der Waals surface area (Å²) < 4.78 is 0. The normalized spacial score (nSPS) is 29.6. The predicted molar refractivity (Wildman–Crippen MR) is 68.9 cm³/mol. The second-order valence-electron chi connectivity index (χ2n) is 5.63. The van der Waals surface area contributed by atoms with Crippen molar-refractivity contribution in [1.29, 1.82) is 5.26 Å². The summed E-state index contributed by atoms with van der Waals surface area (Å²) >= 11 is 0. The fourth-order valence-corrected chi connectivity index (χ4v) is 3.43. The first-order valence-corrected chi connectivity index (χ1v) is 6.60. The molecule has 0 amide bonds. The number of hydrogen-bond donors (Lipinski definition) is 2. The van der Waals surface area contributed by atoms with Gasteiger partial charge in [0.25, 0.3) is 0 Å². The van der Waals surface area contributed by atoms with Crippen LogP contribution in [0.2, 0.25) is 0 Å². The maximum absolute atomic E-state index is 10.9. The molecule has 1 aromatic rings. The molecule has 2 aliphatic rings. The molecule has 0 radical (unpaired) electrons. The molecule has 0 aromatic heterocycles. The Labute approximate surface area is 107 Å². The highest BCUT2D eigenvalue weighted by Crippen LogP contribution is 2.46. The van der Waals surface area contributed by atoms with E-state index in [0.29, 0.717) is 19.4 Å². The van der Waals surface area contributed by atoms with Gasteiger partial charge in [0.05, 0.1) is 17.1 Å². The maximum atomic E-state index is 10.9. The van der Waals surface area contributed by atoms with E-state index in [9.17, 15) is 10.4 Å². The second kappa shape index (κ2) is 4.08. The van der Waals surface area contributed by atoms with Gasteiger partial charge in [0.15, 0.2) is 0 Å². The van der Waals surface area contributed by atoms with Crippen molar-refractivity contribution in [2.24, 2.45) is 5.41 Å². The van der Waals surface area contributed by atoms with Crippen molar-refractivity contribution in [2.75, 3.05) is 13.1 Å². The summed E-state index contributed by atoms with van der Waals surface area (Å²) in [4.78, 5) is 0. The van der Waals surface area contributed by atoms with Crippen LogP contribution in [0.5, 0.6) is 0 Å². The summed E-state index contributed by atoms with van der Waals surface area (Å²) in [5, 5.41) is 23.8. The molecule has 0 spiro atoms. The maximum Gasteiger partial charge on any atom is 0.0963 e. The highest BCUT2D eigenvalue weighted by molar-refractivity contribution is 5.39. The number of nitriles is 1. The van der Waals surface area contributed by atoms with Gasteiger partial charge >= 0.3 is 0 Å². The third kappa shape index (κ3) is 1.57. The van der Waals surface area contributed by atoms with Crippen molar-refractivity contribution in [1.82, 2.24) is 5.32 Å². The molecule has 1 saturated heterocycles. The van der Waals surface area contributed by atoms with Crippen LogP contribution in [0.3, 0.4) is 0 Å². The van der Waals surface area contributed by atoms with Crippen LogP contribution in [-0.2, 0) is 12.8 Å². The highest BCUT2D eigenvalue weighted by atomic mass is 16.3. The summed E-state index contributed by atoms with van der Waals surface area (Å²) in [6, 6.07) is 10.6. The minimum Gasteiger partial charge on any atom is -0.387 e. The van der Waals surface area contributed by atoms with Gasteiger partial charge in [-0.05, 0) is 43.4 Å². The zero-order valence-electron chi connectivity index (χ0n) is 10.4. The largest absolute Gasteiger partial charge is 0.387 e. The van der Waals surface area contributed by atoms with Gasteiger partial charge in [-0.3, -0.25) is 0 Å². The average Bonchev–Trinajstić information content (AvgIpc) is 2.80. The van der Waals surface area contributed by atoms with E-state index in [2.05, 4.69) is 23.5 Å². The lowest BCUT2D eigenvalue weighted by Gasteiger charge is -2.43. The number of benzene rings is 1. The molecule has 0 bridgehead atoms. The van der Waals surface area contributed by atoms with Gasteiger partial charge in [-0.1, -0.05) is 24.3 Å². The van der Waals surface area contributed by atoms with Crippen molar-refractivity contribution in [3.63, 3.8) is 0 Å². The van der Waals surface area contributed by atoms with E-state index in [4.69, 9.17) is 0 Å². The van der Waals surface area contributed by atoms with Gasteiger partial charge in [0.1, 0.15) is 0 Å². The molecule has 94 valence electrons. The fourth-order valence-electron chi connectivity index (χ4n) is 3.43. The Bertz CT molecular complexity index is 472. The third-order valence-corrected chi connectivity index (χ3v) is 4.57. The van der Waals surface area contributed by atoms with Crippen LogP contribution in [-0.4, -0.2) is 23.8 Å². The molecule has 0 saturated carbocycles. The Hall–Kier alpha value is -1.37. The number of hydrogen-bond acceptors (Lipinski definition) is 3. The molecule has 3 nitrogen and oxygen atoms in total. The number of nitrogens with zero attached hydrogens (tertiary/aromatic N) is 1. The number of β-amino-alcohol motifs (C(OH)–C–C–N with tert-alkyl or cyclic N) is 1. The first-order chi connectivity index (χ1) is 8.69. The van der Waals surface area contributed by atoms with Gasteiger partial charge in [-0.15, -0.1) is 0 Å². The van der Waals surface area contributed by atoms with E-state index in [1.165, 1.54) is 11.1 Å². The summed E-state index contributed by atoms with van der Waals surface area (Å²) in [5.74, 6) is 0. The Morgan fingerprint density at radius 3 is 2.39 bits per heavy atom. The van der Waals surface area contributed by atoms with Crippen LogP contribution in [0, 0.1) is 16.7 Å². The average molecular weight is 242 g/mol. The van der Waals surface area contributed by atoms with Crippen LogP contribution in [0.1, 0.15) is 24.0 Å². The molecule has 2 N–H and O–H groups in total. The van der Waals surface area contributed by atoms with Gasteiger partial charge in [-0.25, -0.2) is 0 Å². The second-order valence-corrected chi connectivity index (χ2v) is 5.63. The summed E-state index contributed by atoms with van der Waals surface area (Å²) in [7, 11) is 0. The van der Waals surface area contributed by atoms with E-state index >= 15 is 0 Å². The number of rotatable bonds is 1. The molecule has 1 fully saturated rings. The van der Waals surface area contributed by atoms with Crippen LogP contribution >= 0.6 is 0 Å². The Balaban J connectivity index is 1.97. The van der Waals surface area contributed by atoms with Crippen LogP contribution in [0.25, 0.3) is 0 Å². The lowest BCUT2D eigenvalue weighted by molar-refractivity contribution is -0.0677. The number of piperidine rings is 1. The zero-order chi connectivity index (χ0) is 12.6. The molecular formula is C15H18N2O. The molecule has 1 atom stereocenters. The Morgan fingerprint density at radius 1 is 1.22 bits per heavy atom. The summed E-state index contributed by atoms with van der Waals surface area (Å²) in [6.45, 7) is 1.48. The van der Waals surface area contributed by atoms with E-state index in [1.807, 2.05) is 12.1 Å². The lowest BCUT2D eigenvalue weighted by Crippen LogP contribution is -2.57. The van der Waals surface area contributed by atoms with E-state index in [0.717, 1.165) is 19.4 Å². The molecule has 1 unspecified atom stereocenters. The SMILES string of the molecule is N#CC1(C2(O)CCCNC2)Cc2ccccc2C1. The molecule has 1 aromatic carbocycles. The summed E-state index contributed by atoms with van der Waals surface area (Å²) in [6.07, 6.45) is 3.02. The van der Waals surface area contributed by atoms with Gasteiger partial charge in [0, 0.05) is 6.54 Å². The Kier molecular flexibility index (Phi) is 2.65. The molecule has 1 aliphatic heterocycles. The van der Waals surface area contributed by atoms with Gasteiger partial charge < -0.3 is 10.4 Å². The molecule has 18 heavy (non-hydrogen) atoms. The lowest BCUT2D eigenvalue weighted by atomic mass is 9.67. The predicted octanol–water partition coefficient (Wildman–Crippen LogP) is 1.41. The third-order valence-electron chi connectivity index (χ3n) is 4.57. The molecule has 3 heteroatoms. The minimum absolute atomic E-state index is 0.536. The van der Waals surface area contributed by atoms with Crippen molar-refractivity contribution in [3.8, 4) is 6.07 Å². The number of nitrogens with one attached hydrogen (secondary N) is 1. The van der Waals surface area contributed by atoms with Crippen molar-refractivity contribution >= 4 is 0 Å². The van der Waals surface area contributed by atoms with Crippen molar-refractivity contribution in [2.45, 2.75) is 31.3 Å². The van der Waals surface area contributed by atoms with Crippen LogP contribution in [0.15, 0.2) is 24.3 Å². The monoisotopic (exact) mass is 242 g/mol. The van der Waals surface area contributed by atoms with Gasteiger partial charge in [-0.2, -0.15) is 5.26 Å². The fraction of sp³-hybridized carbons (Fsp3) is 0.533. The van der Waals surface area contributed by atoms with Gasteiger partial charge in [0.2, 0.25) is 0 Å². The molecule has 1 aliphatic carbocycles. The zero-order valence-corrected chi connectivity index (χ0v) is 10.4. The molecular weight excluding hydrogens is 224 g/mol. The highest BCUT2D eigenvalue weighted by Gasteiger charge is 2.54. The van der Waals surface area contributed by atoms with Crippen molar-refractivity contribution in [3.05, 3.63) is 35.4 Å². The molecule has 3 rings (SSSR count). The van der Waals surface area contributed by atoms with Crippen molar-refractivity contribution < 1.29 is 5.11 Å². The topological polar surface area (TPSA) is 56.0 Å². The first kappa shape index (κ1) is 11.7.